The van der Waals surface area contributed by atoms with Crippen molar-refractivity contribution in [1.29, 1.82) is 0 Å². The van der Waals surface area contributed by atoms with Gasteiger partial charge in [-0.3, -0.25) is 0 Å². The van der Waals surface area contributed by atoms with Crippen LogP contribution in [0, 0.1) is 5.82 Å². The van der Waals surface area contributed by atoms with Gasteiger partial charge in [-0.05, 0) is 35.9 Å². The molecule has 0 aliphatic rings. The number of hydrogen-bond acceptors (Lipinski definition) is 6. The van der Waals surface area contributed by atoms with E-state index in [1.807, 2.05) is 0 Å². The number of ether oxygens (including phenoxy) is 1. The highest BCUT2D eigenvalue weighted by molar-refractivity contribution is 7.91. The average molecular weight is 436 g/mol. The first kappa shape index (κ1) is 20.9. The van der Waals surface area contributed by atoms with Gasteiger partial charge in [0.05, 0.1) is 9.79 Å². The molecule has 0 atom stereocenters. The fraction of sp³-hybridized carbons (Fsp3) is 0.105. The summed E-state index contributed by atoms with van der Waals surface area (Å²) in [5.74, 6) is 0.0771. The van der Waals surface area contributed by atoms with Crippen molar-refractivity contribution in [3.05, 3.63) is 78.2 Å². The normalized spacial score (nSPS) is 11.9. The van der Waals surface area contributed by atoms with Gasteiger partial charge in [-0.2, -0.15) is 0 Å². The summed E-state index contributed by atoms with van der Waals surface area (Å²) in [6.45, 7) is -0.0569. The van der Waals surface area contributed by atoms with E-state index in [1.54, 1.807) is 12.1 Å². The van der Waals surface area contributed by atoms with Gasteiger partial charge in [-0.1, -0.05) is 18.2 Å². The van der Waals surface area contributed by atoms with Crippen LogP contribution in [0.4, 0.5) is 4.39 Å². The van der Waals surface area contributed by atoms with Crippen molar-refractivity contribution in [3.63, 3.8) is 0 Å². The van der Waals surface area contributed by atoms with Crippen molar-refractivity contribution >= 4 is 19.9 Å². The van der Waals surface area contributed by atoms with E-state index in [0.29, 0.717) is 5.56 Å². The third-order valence-corrected chi connectivity index (χ3v) is 6.34. The molecule has 0 unspecified atom stereocenters. The quantitative estimate of drug-likeness (QED) is 0.611. The molecule has 0 bridgehead atoms. The number of nitrogens with zero attached hydrogens (tertiary/aromatic N) is 1. The number of aromatic nitrogens is 1. The maximum absolute atomic E-state index is 13.2. The summed E-state index contributed by atoms with van der Waals surface area (Å²) >= 11 is 0. The fourth-order valence-corrected chi connectivity index (χ4v) is 4.17. The molecule has 0 saturated heterocycles. The first-order valence-electron chi connectivity index (χ1n) is 8.32. The zero-order valence-corrected chi connectivity index (χ0v) is 16.9. The molecular weight excluding hydrogens is 419 g/mol. The van der Waals surface area contributed by atoms with Gasteiger partial charge >= 0.3 is 0 Å². The Bertz CT molecular complexity index is 1230. The van der Waals surface area contributed by atoms with Gasteiger partial charge in [0.25, 0.3) is 0 Å². The van der Waals surface area contributed by atoms with Crippen LogP contribution in [0.3, 0.4) is 0 Å². The first-order valence-corrected chi connectivity index (χ1v) is 11.7. The Morgan fingerprint density at radius 1 is 0.966 bits per heavy atom. The Balaban J connectivity index is 1.68. The summed E-state index contributed by atoms with van der Waals surface area (Å²) in [6.07, 6.45) is 2.43. The highest BCUT2D eigenvalue weighted by Gasteiger charge is 2.17. The zero-order chi connectivity index (χ0) is 21.1. The molecule has 0 amide bonds. The number of hydrogen-bond donors (Lipinski definition) is 1. The predicted octanol–water partition coefficient (Wildman–Crippen LogP) is 2.90. The van der Waals surface area contributed by atoms with Crippen LogP contribution >= 0.6 is 0 Å². The van der Waals surface area contributed by atoms with E-state index in [-0.39, 0.29) is 28.0 Å². The van der Waals surface area contributed by atoms with Crippen molar-refractivity contribution in [2.45, 2.75) is 16.3 Å². The van der Waals surface area contributed by atoms with Crippen molar-refractivity contribution in [2.75, 3.05) is 6.26 Å². The molecule has 0 fully saturated rings. The summed E-state index contributed by atoms with van der Waals surface area (Å²) < 4.78 is 69.1. The molecule has 0 aliphatic carbocycles. The van der Waals surface area contributed by atoms with Gasteiger partial charge in [-0.25, -0.2) is 30.9 Å². The van der Waals surface area contributed by atoms with Gasteiger partial charge in [0.1, 0.15) is 11.6 Å². The lowest BCUT2D eigenvalue weighted by Crippen LogP contribution is -2.23. The summed E-state index contributed by atoms with van der Waals surface area (Å²) in [5.41, 5.74) is 0.555. The summed E-state index contributed by atoms with van der Waals surface area (Å²) in [6, 6.07) is 13.8. The molecule has 2 aromatic carbocycles. The third kappa shape index (κ3) is 5.59. The van der Waals surface area contributed by atoms with Crippen LogP contribution in [-0.2, 0) is 26.4 Å². The molecule has 1 aromatic heterocycles. The molecule has 3 aromatic rings. The van der Waals surface area contributed by atoms with Crippen LogP contribution in [0.25, 0.3) is 0 Å². The van der Waals surface area contributed by atoms with E-state index in [2.05, 4.69) is 9.71 Å². The SMILES string of the molecule is CS(=O)(=O)c1cccc(S(=O)(=O)NCc2ccc(Oc3cccc(F)c3)nc2)c1. The van der Waals surface area contributed by atoms with E-state index in [4.69, 9.17) is 4.74 Å². The number of sulfone groups is 1. The van der Waals surface area contributed by atoms with Crippen molar-refractivity contribution in [1.82, 2.24) is 9.71 Å². The zero-order valence-electron chi connectivity index (χ0n) is 15.2. The average Bonchev–Trinajstić information content (AvgIpc) is 2.67. The molecule has 0 saturated carbocycles. The lowest BCUT2D eigenvalue weighted by Gasteiger charge is -2.09. The number of rotatable bonds is 7. The molecule has 152 valence electrons. The lowest BCUT2D eigenvalue weighted by atomic mass is 10.3. The van der Waals surface area contributed by atoms with Gasteiger partial charge in [-0.15, -0.1) is 0 Å². The Morgan fingerprint density at radius 2 is 1.69 bits per heavy atom. The predicted molar refractivity (Wildman–Crippen MR) is 104 cm³/mol. The highest BCUT2D eigenvalue weighted by Crippen LogP contribution is 2.20. The Kier molecular flexibility index (Phi) is 5.96. The monoisotopic (exact) mass is 436 g/mol. The largest absolute Gasteiger partial charge is 0.439 e. The summed E-state index contributed by atoms with van der Waals surface area (Å²) in [7, 11) is -7.45. The minimum Gasteiger partial charge on any atom is -0.439 e. The maximum Gasteiger partial charge on any atom is 0.240 e. The molecule has 29 heavy (non-hydrogen) atoms. The molecule has 0 spiro atoms. The standard InChI is InChI=1S/C19H17FN2O5S2/c1-28(23,24)17-6-3-7-18(11-17)29(25,26)22-13-14-8-9-19(21-12-14)27-16-5-2-4-15(20)10-16/h2-12,22H,13H2,1H3. The Morgan fingerprint density at radius 3 is 2.34 bits per heavy atom. The first-order chi connectivity index (χ1) is 13.6. The van der Waals surface area contributed by atoms with Gasteiger partial charge < -0.3 is 4.74 Å². The number of benzene rings is 2. The molecule has 3 rings (SSSR count). The minimum atomic E-state index is -3.92. The Labute approximate surface area is 168 Å². The smallest absolute Gasteiger partial charge is 0.240 e. The summed E-state index contributed by atoms with van der Waals surface area (Å²) in [5, 5.41) is 0. The van der Waals surface area contributed by atoms with Gasteiger partial charge in [0, 0.05) is 31.1 Å². The second-order valence-electron chi connectivity index (χ2n) is 6.14. The number of pyridine rings is 1. The number of nitrogens with one attached hydrogen (secondary N) is 1. The van der Waals surface area contributed by atoms with E-state index >= 15 is 0 Å². The van der Waals surface area contributed by atoms with E-state index in [9.17, 15) is 21.2 Å². The van der Waals surface area contributed by atoms with Crippen LogP contribution in [0.1, 0.15) is 5.56 Å². The molecule has 1 N–H and O–H groups in total. The van der Waals surface area contributed by atoms with Crippen molar-refractivity contribution < 1.29 is 26.0 Å². The molecular formula is C19H17FN2O5S2. The highest BCUT2D eigenvalue weighted by atomic mass is 32.2. The van der Waals surface area contributed by atoms with Crippen LogP contribution in [0.15, 0.2) is 76.7 Å². The molecule has 10 heteroatoms. The van der Waals surface area contributed by atoms with Crippen molar-refractivity contribution in [3.8, 4) is 11.6 Å². The van der Waals surface area contributed by atoms with E-state index in [1.165, 1.54) is 48.7 Å². The maximum atomic E-state index is 13.2. The van der Waals surface area contributed by atoms with Crippen LogP contribution in [-0.4, -0.2) is 28.1 Å². The second kappa shape index (κ2) is 8.27. The van der Waals surface area contributed by atoms with Crippen LogP contribution in [0.5, 0.6) is 11.6 Å². The van der Waals surface area contributed by atoms with E-state index in [0.717, 1.165) is 12.3 Å². The number of sulfonamides is 1. The fourth-order valence-electron chi connectivity index (χ4n) is 2.36. The summed E-state index contributed by atoms with van der Waals surface area (Å²) in [4.78, 5) is 3.83. The van der Waals surface area contributed by atoms with E-state index < -0.39 is 25.7 Å². The topological polar surface area (TPSA) is 102 Å². The minimum absolute atomic E-state index is 0.0569. The van der Waals surface area contributed by atoms with Crippen LogP contribution < -0.4 is 9.46 Å². The third-order valence-electron chi connectivity index (χ3n) is 3.83. The van der Waals surface area contributed by atoms with Gasteiger partial charge in [0.15, 0.2) is 9.84 Å². The van der Waals surface area contributed by atoms with Crippen LogP contribution in [0.2, 0.25) is 0 Å². The van der Waals surface area contributed by atoms with Crippen molar-refractivity contribution in [2.24, 2.45) is 0 Å². The molecule has 1 heterocycles. The molecule has 7 nitrogen and oxygen atoms in total. The lowest BCUT2D eigenvalue weighted by molar-refractivity contribution is 0.457. The van der Waals surface area contributed by atoms with Gasteiger partial charge in [0.2, 0.25) is 15.9 Å². The second-order valence-corrected chi connectivity index (χ2v) is 9.92. The molecule has 0 radical (unpaired) electrons. The Hall–Kier alpha value is -2.82. The molecule has 0 aliphatic heterocycles. The number of halogens is 1.